The smallest absolute Gasteiger partial charge is 0.335 e. The van der Waals surface area contributed by atoms with Crippen LogP contribution in [-0.4, -0.2) is 20.5 Å². The van der Waals surface area contributed by atoms with Crippen molar-refractivity contribution in [1.82, 2.24) is 9.38 Å². The second-order valence-corrected chi connectivity index (χ2v) is 3.99. The Morgan fingerprint density at radius 3 is 2.67 bits per heavy atom. The van der Waals surface area contributed by atoms with Crippen molar-refractivity contribution < 1.29 is 9.90 Å². The van der Waals surface area contributed by atoms with Gasteiger partial charge in [0.1, 0.15) is 0 Å². The minimum Gasteiger partial charge on any atom is -0.478 e. The minimum absolute atomic E-state index is 0.291. The van der Waals surface area contributed by atoms with Crippen LogP contribution in [0.3, 0.4) is 0 Å². The number of hydrogen-bond donors (Lipinski definition) is 1. The topological polar surface area (TPSA) is 54.6 Å². The maximum atomic E-state index is 10.8. The van der Waals surface area contributed by atoms with Crippen molar-refractivity contribution in [2.45, 2.75) is 0 Å². The molecular weight excluding hydrogens is 228 g/mol. The van der Waals surface area contributed by atoms with E-state index in [9.17, 15) is 4.79 Å². The van der Waals surface area contributed by atoms with E-state index in [0.29, 0.717) is 5.56 Å². The number of hydrogen-bond acceptors (Lipinski definition) is 2. The maximum absolute atomic E-state index is 10.8. The first-order chi connectivity index (χ1) is 8.75. The molecule has 1 aromatic carbocycles. The SMILES string of the molecule is O=C(O)c1ccc(-c2cccn3cncc23)cc1. The summed E-state index contributed by atoms with van der Waals surface area (Å²) in [6, 6.07) is 10.8. The Kier molecular flexibility index (Phi) is 2.34. The first-order valence-electron chi connectivity index (χ1n) is 5.50. The summed E-state index contributed by atoms with van der Waals surface area (Å²) < 4.78 is 1.93. The zero-order chi connectivity index (χ0) is 12.5. The summed E-state index contributed by atoms with van der Waals surface area (Å²) in [4.78, 5) is 14.9. The fraction of sp³-hybridized carbons (Fsp3) is 0. The van der Waals surface area contributed by atoms with Gasteiger partial charge in [-0.15, -0.1) is 0 Å². The normalized spacial score (nSPS) is 10.7. The van der Waals surface area contributed by atoms with Gasteiger partial charge in [0, 0.05) is 11.8 Å². The average Bonchev–Trinajstić information content (AvgIpc) is 2.87. The molecule has 0 radical (unpaired) electrons. The minimum atomic E-state index is -0.913. The van der Waals surface area contributed by atoms with E-state index in [1.165, 1.54) is 0 Å². The van der Waals surface area contributed by atoms with Gasteiger partial charge in [-0.25, -0.2) is 9.78 Å². The van der Waals surface area contributed by atoms with Crippen LogP contribution < -0.4 is 0 Å². The molecule has 0 spiro atoms. The Balaban J connectivity index is 2.14. The van der Waals surface area contributed by atoms with E-state index in [4.69, 9.17) is 5.11 Å². The number of rotatable bonds is 2. The van der Waals surface area contributed by atoms with Gasteiger partial charge in [-0.1, -0.05) is 18.2 Å². The van der Waals surface area contributed by atoms with Crippen molar-refractivity contribution in [2.24, 2.45) is 0 Å². The molecule has 3 rings (SSSR count). The molecule has 0 aliphatic heterocycles. The molecule has 1 N–H and O–H groups in total. The van der Waals surface area contributed by atoms with E-state index in [0.717, 1.165) is 16.6 Å². The molecule has 0 aliphatic carbocycles. The van der Waals surface area contributed by atoms with Crippen molar-refractivity contribution in [1.29, 1.82) is 0 Å². The third-order valence-electron chi connectivity index (χ3n) is 2.89. The highest BCUT2D eigenvalue weighted by atomic mass is 16.4. The van der Waals surface area contributed by atoms with Gasteiger partial charge in [0.05, 0.1) is 23.6 Å². The van der Waals surface area contributed by atoms with Crippen molar-refractivity contribution >= 4 is 11.5 Å². The Bertz CT molecular complexity index is 714. The molecule has 0 aliphatic rings. The monoisotopic (exact) mass is 238 g/mol. The fourth-order valence-electron chi connectivity index (χ4n) is 1.99. The Hall–Kier alpha value is -2.62. The van der Waals surface area contributed by atoms with Crippen molar-refractivity contribution in [3.8, 4) is 11.1 Å². The molecule has 0 fully saturated rings. The van der Waals surface area contributed by atoms with E-state index in [1.54, 1.807) is 24.7 Å². The van der Waals surface area contributed by atoms with Crippen LogP contribution in [0.5, 0.6) is 0 Å². The van der Waals surface area contributed by atoms with Gasteiger partial charge in [0.15, 0.2) is 0 Å². The number of carboxylic acid groups (broad SMARTS) is 1. The number of pyridine rings is 1. The molecular formula is C14H10N2O2. The van der Waals surface area contributed by atoms with Gasteiger partial charge in [-0.05, 0) is 23.8 Å². The van der Waals surface area contributed by atoms with E-state index in [-0.39, 0.29) is 0 Å². The summed E-state index contributed by atoms with van der Waals surface area (Å²) in [5.41, 5.74) is 3.30. The molecule has 2 heterocycles. The largest absolute Gasteiger partial charge is 0.478 e. The number of carbonyl (C=O) groups is 1. The second kappa shape index (κ2) is 4.00. The molecule has 2 aromatic heterocycles. The van der Waals surface area contributed by atoms with Crippen molar-refractivity contribution in [2.75, 3.05) is 0 Å². The van der Waals surface area contributed by atoms with Gasteiger partial charge in [-0.3, -0.25) is 0 Å². The summed E-state index contributed by atoms with van der Waals surface area (Å²) in [7, 11) is 0. The summed E-state index contributed by atoms with van der Waals surface area (Å²) in [6.07, 6.45) is 5.46. The van der Waals surface area contributed by atoms with E-state index in [2.05, 4.69) is 4.98 Å². The zero-order valence-corrected chi connectivity index (χ0v) is 9.45. The Labute approximate surface area is 103 Å². The van der Waals surface area contributed by atoms with Crippen LogP contribution in [0.4, 0.5) is 0 Å². The summed E-state index contributed by atoms with van der Waals surface area (Å²) >= 11 is 0. The highest BCUT2D eigenvalue weighted by Gasteiger charge is 2.06. The summed E-state index contributed by atoms with van der Waals surface area (Å²) in [6.45, 7) is 0. The number of fused-ring (bicyclic) bond motifs is 1. The van der Waals surface area contributed by atoms with Gasteiger partial charge < -0.3 is 9.51 Å². The van der Waals surface area contributed by atoms with Crippen LogP contribution in [0.15, 0.2) is 55.1 Å². The van der Waals surface area contributed by atoms with Gasteiger partial charge >= 0.3 is 5.97 Å². The summed E-state index contributed by atoms with van der Waals surface area (Å²) in [5.74, 6) is -0.913. The van der Waals surface area contributed by atoms with Crippen molar-refractivity contribution in [3.63, 3.8) is 0 Å². The van der Waals surface area contributed by atoms with E-state index in [1.807, 2.05) is 34.9 Å². The highest BCUT2D eigenvalue weighted by molar-refractivity contribution is 5.89. The molecule has 0 unspecified atom stereocenters. The van der Waals surface area contributed by atoms with E-state index < -0.39 is 5.97 Å². The lowest BCUT2D eigenvalue weighted by Gasteiger charge is -2.04. The van der Waals surface area contributed by atoms with Gasteiger partial charge in [-0.2, -0.15) is 0 Å². The third kappa shape index (κ3) is 1.64. The van der Waals surface area contributed by atoms with Crippen LogP contribution in [0, 0.1) is 0 Å². The average molecular weight is 238 g/mol. The third-order valence-corrected chi connectivity index (χ3v) is 2.89. The molecule has 0 saturated carbocycles. The second-order valence-electron chi connectivity index (χ2n) is 3.99. The number of benzene rings is 1. The number of imidazole rings is 1. The van der Waals surface area contributed by atoms with Gasteiger partial charge in [0.2, 0.25) is 0 Å². The summed E-state index contributed by atoms with van der Waals surface area (Å²) in [5, 5.41) is 8.87. The number of nitrogens with zero attached hydrogens (tertiary/aromatic N) is 2. The van der Waals surface area contributed by atoms with Crippen LogP contribution in [-0.2, 0) is 0 Å². The molecule has 0 amide bonds. The molecule has 0 atom stereocenters. The molecule has 0 saturated heterocycles. The quantitative estimate of drug-likeness (QED) is 0.746. The van der Waals surface area contributed by atoms with E-state index >= 15 is 0 Å². The first kappa shape index (κ1) is 10.5. The molecule has 4 heteroatoms. The highest BCUT2D eigenvalue weighted by Crippen LogP contribution is 2.24. The molecule has 4 nitrogen and oxygen atoms in total. The number of carboxylic acids is 1. The van der Waals surface area contributed by atoms with Crippen LogP contribution in [0.25, 0.3) is 16.6 Å². The standard InChI is InChI=1S/C14H10N2O2/c17-14(18)11-5-3-10(4-6-11)12-2-1-7-16-9-15-8-13(12)16/h1-9H,(H,17,18). The zero-order valence-electron chi connectivity index (χ0n) is 9.45. The van der Waals surface area contributed by atoms with Crippen LogP contribution in [0.2, 0.25) is 0 Å². The Morgan fingerprint density at radius 1 is 1.17 bits per heavy atom. The molecule has 88 valence electrons. The lowest BCUT2D eigenvalue weighted by Crippen LogP contribution is -1.95. The first-order valence-corrected chi connectivity index (χ1v) is 5.50. The van der Waals surface area contributed by atoms with Crippen LogP contribution >= 0.6 is 0 Å². The lowest BCUT2D eigenvalue weighted by molar-refractivity contribution is 0.0697. The predicted octanol–water partition coefficient (Wildman–Crippen LogP) is 2.70. The Morgan fingerprint density at radius 2 is 1.94 bits per heavy atom. The fourth-order valence-corrected chi connectivity index (χ4v) is 1.99. The predicted molar refractivity (Wildman–Crippen MR) is 67.6 cm³/mol. The van der Waals surface area contributed by atoms with Gasteiger partial charge in [0.25, 0.3) is 0 Å². The molecule has 0 bridgehead atoms. The lowest BCUT2D eigenvalue weighted by atomic mass is 10.0. The van der Waals surface area contributed by atoms with Crippen LogP contribution in [0.1, 0.15) is 10.4 Å². The number of aromatic nitrogens is 2. The molecule has 3 aromatic rings. The molecule has 18 heavy (non-hydrogen) atoms. The maximum Gasteiger partial charge on any atom is 0.335 e. The number of aromatic carboxylic acids is 1. The van der Waals surface area contributed by atoms with Crippen molar-refractivity contribution in [3.05, 3.63) is 60.7 Å².